The first-order valence-corrected chi connectivity index (χ1v) is 8.42. The molecule has 2 fully saturated rings. The molecule has 1 aromatic rings. The average molecular weight is 332 g/mol. The van der Waals surface area contributed by atoms with Crippen molar-refractivity contribution in [2.75, 3.05) is 37.5 Å². The second-order valence-electron chi connectivity index (χ2n) is 5.21. The van der Waals surface area contributed by atoms with E-state index in [0.29, 0.717) is 18.9 Å². The Hall–Kier alpha value is -1.15. The summed E-state index contributed by atoms with van der Waals surface area (Å²) in [5, 5.41) is 3.21. The van der Waals surface area contributed by atoms with E-state index in [1.54, 1.807) is 29.2 Å². The van der Waals surface area contributed by atoms with Crippen molar-refractivity contribution in [3.63, 3.8) is 0 Å². The van der Waals surface area contributed by atoms with Crippen LogP contribution >= 0.6 is 12.4 Å². The number of piperazine rings is 1. The van der Waals surface area contributed by atoms with Gasteiger partial charge in [0.05, 0.1) is 11.6 Å². The van der Waals surface area contributed by atoms with Gasteiger partial charge in [0.2, 0.25) is 5.91 Å². The predicted molar refractivity (Wildman–Crippen MR) is 82.5 cm³/mol. The topological polar surface area (TPSA) is 69.7 Å². The number of carbonyl (C=O) groups excluding carboxylic acids is 1. The normalized spacial score (nSPS) is 22.8. The van der Waals surface area contributed by atoms with Crippen molar-refractivity contribution in [2.45, 2.75) is 10.9 Å². The molecule has 0 spiro atoms. The van der Waals surface area contributed by atoms with Gasteiger partial charge < -0.3 is 5.32 Å². The number of amides is 1. The SMILES string of the molecule is CS(=O)(=O)c1cccc(N2CN3CCNCC3C2=O)c1.Cl. The van der Waals surface area contributed by atoms with Gasteiger partial charge in [-0.2, -0.15) is 0 Å². The van der Waals surface area contributed by atoms with Crippen LogP contribution < -0.4 is 10.2 Å². The molecule has 2 aliphatic heterocycles. The second-order valence-corrected chi connectivity index (χ2v) is 7.23. The minimum atomic E-state index is -3.26. The highest BCUT2D eigenvalue weighted by Crippen LogP contribution is 2.26. The van der Waals surface area contributed by atoms with Gasteiger partial charge in [0, 0.05) is 31.6 Å². The van der Waals surface area contributed by atoms with Crippen molar-refractivity contribution < 1.29 is 13.2 Å². The molecule has 2 heterocycles. The highest BCUT2D eigenvalue weighted by Gasteiger charge is 2.40. The van der Waals surface area contributed by atoms with Gasteiger partial charge in [-0.25, -0.2) is 8.42 Å². The number of halogens is 1. The number of anilines is 1. The van der Waals surface area contributed by atoms with Crippen molar-refractivity contribution in [3.8, 4) is 0 Å². The predicted octanol–water partition coefficient (Wildman–Crippen LogP) is 0.0898. The first-order valence-electron chi connectivity index (χ1n) is 6.53. The Labute approximate surface area is 130 Å². The third-order valence-electron chi connectivity index (χ3n) is 3.79. The van der Waals surface area contributed by atoms with E-state index >= 15 is 0 Å². The number of sulfone groups is 1. The van der Waals surface area contributed by atoms with Gasteiger partial charge in [0.1, 0.15) is 6.04 Å². The molecule has 1 aromatic carbocycles. The molecule has 116 valence electrons. The number of hydrogen-bond acceptors (Lipinski definition) is 5. The number of rotatable bonds is 2. The number of nitrogens with one attached hydrogen (secondary N) is 1. The third kappa shape index (κ3) is 3.06. The van der Waals surface area contributed by atoms with Gasteiger partial charge in [0.15, 0.2) is 9.84 Å². The molecule has 0 bridgehead atoms. The Morgan fingerprint density at radius 3 is 2.76 bits per heavy atom. The van der Waals surface area contributed by atoms with Crippen LogP contribution in [0, 0.1) is 0 Å². The maximum atomic E-state index is 12.4. The molecule has 2 saturated heterocycles. The van der Waals surface area contributed by atoms with E-state index in [9.17, 15) is 13.2 Å². The van der Waals surface area contributed by atoms with Gasteiger partial charge in [-0.05, 0) is 18.2 Å². The maximum Gasteiger partial charge on any atom is 0.246 e. The monoisotopic (exact) mass is 331 g/mol. The van der Waals surface area contributed by atoms with Crippen molar-refractivity contribution in [3.05, 3.63) is 24.3 Å². The van der Waals surface area contributed by atoms with Crippen LogP contribution in [0.4, 0.5) is 5.69 Å². The Morgan fingerprint density at radius 2 is 2.10 bits per heavy atom. The van der Waals surface area contributed by atoms with Crippen LogP contribution in [0.3, 0.4) is 0 Å². The van der Waals surface area contributed by atoms with Gasteiger partial charge >= 0.3 is 0 Å². The summed E-state index contributed by atoms with van der Waals surface area (Å²) < 4.78 is 23.2. The lowest BCUT2D eigenvalue weighted by atomic mass is 10.2. The van der Waals surface area contributed by atoms with Crippen LogP contribution in [-0.4, -0.2) is 57.8 Å². The zero-order valence-corrected chi connectivity index (χ0v) is 13.3. The molecule has 1 unspecified atom stereocenters. The van der Waals surface area contributed by atoms with E-state index in [1.807, 2.05) is 0 Å². The highest BCUT2D eigenvalue weighted by molar-refractivity contribution is 7.90. The maximum absolute atomic E-state index is 12.4. The average Bonchev–Trinajstić information content (AvgIpc) is 2.76. The van der Waals surface area contributed by atoms with E-state index in [4.69, 9.17) is 0 Å². The lowest BCUT2D eigenvalue weighted by Crippen LogP contribution is -2.50. The summed E-state index contributed by atoms with van der Waals surface area (Å²) in [6.07, 6.45) is 1.17. The molecule has 2 aliphatic rings. The Bertz CT molecular complexity index is 650. The molecule has 3 rings (SSSR count). The molecule has 0 saturated carbocycles. The second kappa shape index (κ2) is 5.92. The summed E-state index contributed by atoms with van der Waals surface area (Å²) in [7, 11) is -3.26. The molecule has 0 radical (unpaired) electrons. The summed E-state index contributed by atoms with van der Waals surface area (Å²) in [6, 6.07) is 6.44. The van der Waals surface area contributed by atoms with E-state index in [0.717, 1.165) is 13.1 Å². The Balaban J connectivity index is 0.00000161. The van der Waals surface area contributed by atoms with Crippen LogP contribution in [0.15, 0.2) is 29.2 Å². The third-order valence-corrected chi connectivity index (χ3v) is 4.90. The van der Waals surface area contributed by atoms with E-state index in [1.165, 1.54) is 6.26 Å². The number of benzene rings is 1. The Kier molecular flexibility index (Phi) is 4.57. The van der Waals surface area contributed by atoms with Crippen LogP contribution in [0.25, 0.3) is 0 Å². The largest absolute Gasteiger partial charge is 0.313 e. The standard InChI is InChI=1S/C13H17N3O3S.ClH/c1-20(18,19)11-4-2-3-10(7-11)16-9-15-6-5-14-8-12(15)13(16)17;/h2-4,7,12,14H,5-6,8-9H2,1H3;1H. The number of fused-ring (bicyclic) bond motifs is 1. The summed E-state index contributed by atoms with van der Waals surface area (Å²) in [6.45, 7) is 2.89. The van der Waals surface area contributed by atoms with Crippen LogP contribution in [-0.2, 0) is 14.6 Å². The molecule has 6 nitrogen and oxygen atoms in total. The number of carbonyl (C=O) groups is 1. The van der Waals surface area contributed by atoms with Crippen LogP contribution in [0.5, 0.6) is 0 Å². The molecular weight excluding hydrogens is 314 g/mol. The van der Waals surface area contributed by atoms with E-state index < -0.39 is 9.84 Å². The lowest BCUT2D eigenvalue weighted by molar-refractivity contribution is -0.120. The fraction of sp³-hybridized carbons (Fsp3) is 0.462. The van der Waals surface area contributed by atoms with Crippen LogP contribution in [0.2, 0.25) is 0 Å². The summed E-state index contributed by atoms with van der Waals surface area (Å²) >= 11 is 0. The Morgan fingerprint density at radius 1 is 1.33 bits per heavy atom. The quantitative estimate of drug-likeness (QED) is 0.832. The fourth-order valence-corrected chi connectivity index (χ4v) is 3.34. The summed E-state index contributed by atoms with van der Waals surface area (Å²) in [4.78, 5) is 16.4. The number of hydrogen-bond donors (Lipinski definition) is 1. The van der Waals surface area contributed by atoms with E-state index in [-0.39, 0.29) is 29.3 Å². The molecular formula is C13H18ClN3O3S. The minimum absolute atomic E-state index is 0. The van der Waals surface area contributed by atoms with Crippen molar-refractivity contribution >= 4 is 33.8 Å². The first kappa shape index (κ1) is 16.2. The molecule has 1 atom stereocenters. The highest BCUT2D eigenvalue weighted by atomic mass is 35.5. The van der Waals surface area contributed by atoms with Gasteiger partial charge in [-0.15, -0.1) is 12.4 Å². The minimum Gasteiger partial charge on any atom is -0.313 e. The summed E-state index contributed by atoms with van der Waals surface area (Å²) in [5.74, 6) is 0.0304. The van der Waals surface area contributed by atoms with Crippen molar-refractivity contribution in [1.82, 2.24) is 10.2 Å². The van der Waals surface area contributed by atoms with E-state index in [2.05, 4.69) is 10.2 Å². The van der Waals surface area contributed by atoms with Crippen molar-refractivity contribution in [2.24, 2.45) is 0 Å². The summed E-state index contributed by atoms with van der Waals surface area (Å²) in [5.41, 5.74) is 0.646. The molecule has 0 aromatic heterocycles. The van der Waals surface area contributed by atoms with Crippen LogP contribution in [0.1, 0.15) is 0 Å². The number of nitrogens with zero attached hydrogens (tertiary/aromatic N) is 2. The zero-order valence-electron chi connectivity index (χ0n) is 11.7. The first-order chi connectivity index (χ1) is 9.47. The molecule has 1 amide bonds. The molecule has 8 heteroatoms. The fourth-order valence-electron chi connectivity index (χ4n) is 2.68. The van der Waals surface area contributed by atoms with Gasteiger partial charge in [-0.3, -0.25) is 14.6 Å². The molecule has 1 N–H and O–H groups in total. The van der Waals surface area contributed by atoms with Gasteiger partial charge in [-0.1, -0.05) is 6.07 Å². The lowest BCUT2D eigenvalue weighted by Gasteiger charge is -2.26. The molecule has 0 aliphatic carbocycles. The smallest absolute Gasteiger partial charge is 0.246 e. The van der Waals surface area contributed by atoms with Crippen molar-refractivity contribution in [1.29, 1.82) is 0 Å². The molecule has 21 heavy (non-hydrogen) atoms. The van der Waals surface area contributed by atoms with Gasteiger partial charge in [0.25, 0.3) is 0 Å². The zero-order chi connectivity index (χ0) is 14.3.